The van der Waals surface area contributed by atoms with Crippen molar-refractivity contribution in [2.24, 2.45) is 0 Å². The lowest BCUT2D eigenvalue weighted by atomic mass is 10.0. The fourth-order valence-electron chi connectivity index (χ4n) is 2.39. The van der Waals surface area contributed by atoms with Crippen molar-refractivity contribution in [3.05, 3.63) is 29.8 Å². The van der Waals surface area contributed by atoms with E-state index in [1.54, 1.807) is 0 Å². The highest BCUT2D eigenvalue weighted by molar-refractivity contribution is 5.30. The largest absolute Gasteiger partial charge is 0.491 e. The van der Waals surface area contributed by atoms with Crippen molar-refractivity contribution in [1.29, 1.82) is 0 Å². The molecule has 0 spiro atoms. The Hall–Kier alpha value is -1.10. The summed E-state index contributed by atoms with van der Waals surface area (Å²) in [5.74, 6) is 0.913. The van der Waals surface area contributed by atoms with Crippen LogP contribution in [0, 0.1) is 0 Å². The molecule has 1 aliphatic heterocycles. The lowest BCUT2D eigenvalue weighted by Crippen LogP contribution is -2.45. The molecule has 0 bridgehead atoms. The third-order valence-electron chi connectivity index (χ3n) is 3.25. The van der Waals surface area contributed by atoms with Gasteiger partial charge in [0, 0.05) is 13.1 Å². The Morgan fingerprint density at radius 3 is 2.58 bits per heavy atom. The van der Waals surface area contributed by atoms with E-state index < -0.39 is 0 Å². The first-order valence-electron chi connectivity index (χ1n) is 6.97. The SMILES string of the molecule is CNC(c1ccc(OC(C)C)cc1)C1CNCCO1. The highest BCUT2D eigenvalue weighted by atomic mass is 16.5. The molecule has 2 atom stereocenters. The van der Waals surface area contributed by atoms with Crippen molar-refractivity contribution in [2.75, 3.05) is 26.7 Å². The molecule has 1 aromatic carbocycles. The molecule has 1 saturated heterocycles. The summed E-state index contributed by atoms with van der Waals surface area (Å²) in [7, 11) is 1.97. The molecule has 4 nitrogen and oxygen atoms in total. The number of rotatable bonds is 5. The van der Waals surface area contributed by atoms with Crippen molar-refractivity contribution in [2.45, 2.75) is 32.1 Å². The molecule has 0 aliphatic carbocycles. The maximum atomic E-state index is 5.82. The molecule has 1 aliphatic rings. The molecule has 19 heavy (non-hydrogen) atoms. The van der Waals surface area contributed by atoms with Crippen molar-refractivity contribution in [3.63, 3.8) is 0 Å². The minimum atomic E-state index is 0.176. The average Bonchev–Trinajstić information content (AvgIpc) is 2.42. The third kappa shape index (κ3) is 3.93. The first kappa shape index (κ1) is 14.3. The molecular weight excluding hydrogens is 240 g/mol. The molecule has 1 fully saturated rings. The first-order chi connectivity index (χ1) is 9.20. The van der Waals surface area contributed by atoms with Crippen molar-refractivity contribution in [3.8, 4) is 5.75 Å². The molecule has 1 heterocycles. The van der Waals surface area contributed by atoms with Crippen LogP contribution in [0.2, 0.25) is 0 Å². The van der Waals surface area contributed by atoms with Crippen molar-refractivity contribution < 1.29 is 9.47 Å². The van der Waals surface area contributed by atoms with Gasteiger partial charge in [-0.2, -0.15) is 0 Å². The molecule has 106 valence electrons. The summed E-state index contributed by atoms with van der Waals surface area (Å²) in [5, 5.41) is 6.71. The van der Waals surface area contributed by atoms with E-state index in [9.17, 15) is 0 Å². The molecule has 4 heteroatoms. The Morgan fingerprint density at radius 2 is 2.05 bits per heavy atom. The van der Waals surface area contributed by atoms with Gasteiger partial charge in [0.15, 0.2) is 0 Å². The Kier molecular flexibility index (Phi) is 5.19. The predicted octanol–water partition coefficient (Wildman–Crippen LogP) is 1.72. The number of benzene rings is 1. The topological polar surface area (TPSA) is 42.5 Å². The van der Waals surface area contributed by atoms with Crippen LogP contribution in [0.1, 0.15) is 25.5 Å². The molecule has 0 amide bonds. The highest BCUT2D eigenvalue weighted by Gasteiger charge is 2.24. The Balaban J connectivity index is 2.05. The zero-order valence-electron chi connectivity index (χ0n) is 12.0. The zero-order valence-corrected chi connectivity index (χ0v) is 12.0. The van der Waals surface area contributed by atoms with Crippen LogP contribution in [0.15, 0.2) is 24.3 Å². The van der Waals surface area contributed by atoms with Gasteiger partial charge in [-0.3, -0.25) is 0 Å². The van der Waals surface area contributed by atoms with E-state index in [1.807, 2.05) is 33.0 Å². The van der Waals surface area contributed by atoms with Crippen LogP contribution in [0.25, 0.3) is 0 Å². The number of ether oxygens (including phenoxy) is 2. The first-order valence-corrected chi connectivity index (χ1v) is 6.97. The van der Waals surface area contributed by atoms with Gasteiger partial charge < -0.3 is 20.1 Å². The fourth-order valence-corrected chi connectivity index (χ4v) is 2.39. The van der Waals surface area contributed by atoms with Gasteiger partial charge in [0.05, 0.1) is 24.9 Å². The van der Waals surface area contributed by atoms with Crippen LogP contribution >= 0.6 is 0 Å². The summed E-state index contributed by atoms with van der Waals surface area (Å²) in [6, 6.07) is 8.47. The van der Waals surface area contributed by atoms with Crippen LogP contribution in [0.4, 0.5) is 0 Å². The van der Waals surface area contributed by atoms with Crippen LogP contribution in [0.3, 0.4) is 0 Å². The van der Waals surface area contributed by atoms with E-state index in [0.717, 1.165) is 25.4 Å². The number of hydrogen-bond acceptors (Lipinski definition) is 4. The van der Waals surface area contributed by atoms with E-state index in [4.69, 9.17) is 9.47 Å². The second-order valence-electron chi connectivity index (χ2n) is 5.12. The summed E-state index contributed by atoms with van der Waals surface area (Å²) in [4.78, 5) is 0. The summed E-state index contributed by atoms with van der Waals surface area (Å²) in [6.07, 6.45) is 0.382. The number of likely N-dealkylation sites (N-methyl/N-ethyl adjacent to an activating group) is 1. The Bertz CT molecular complexity index is 372. The molecule has 0 aromatic heterocycles. The summed E-state index contributed by atoms with van der Waals surface area (Å²) in [6.45, 7) is 6.67. The van der Waals surface area contributed by atoms with Crippen LogP contribution in [-0.4, -0.2) is 39.0 Å². The lowest BCUT2D eigenvalue weighted by molar-refractivity contribution is 0.00536. The summed E-state index contributed by atoms with van der Waals surface area (Å²) in [5.41, 5.74) is 1.23. The van der Waals surface area contributed by atoms with Gasteiger partial charge >= 0.3 is 0 Å². The Labute approximate surface area is 115 Å². The number of hydrogen-bond donors (Lipinski definition) is 2. The second-order valence-corrected chi connectivity index (χ2v) is 5.12. The quantitative estimate of drug-likeness (QED) is 0.850. The minimum absolute atomic E-state index is 0.176. The lowest BCUT2D eigenvalue weighted by Gasteiger charge is -2.31. The van der Waals surface area contributed by atoms with E-state index in [2.05, 4.69) is 22.8 Å². The van der Waals surface area contributed by atoms with E-state index in [1.165, 1.54) is 5.56 Å². The molecule has 1 aromatic rings. The smallest absolute Gasteiger partial charge is 0.119 e. The maximum Gasteiger partial charge on any atom is 0.119 e. The standard InChI is InChI=1S/C15H24N2O2/c1-11(2)19-13-6-4-12(5-7-13)15(16-3)14-10-17-8-9-18-14/h4-7,11,14-17H,8-10H2,1-3H3. The molecular formula is C15H24N2O2. The van der Waals surface area contributed by atoms with Gasteiger partial charge in [-0.05, 0) is 38.6 Å². The van der Waals surface area contributed by atoms with Gasteiger partial charge in [0.25, 0.3) is 0 Å². The van der Waals surface area contributed by atoms with Crippen LogP contribution in [0.5, 0.6) is 5.75 Å². The predicted molar refractivity (Wildman–Crippen MR) is 76.6 cm³/mol. The van der Waals surface area contributed by atoms with Gasteiger partial charge in [-0.25, -0.2) is 0 Å². The number of morpholine rings is 1. The van der Waals surface area contributed by atoms with E-state index in [0.29, 0.717) is 0 Å². The Morgan fingerprint density at radius 1 is 1.32 bits per heavy atom. The van der Waals surface area contributed by atoms with Gasteiger partial charge in [0.1, 0.15) is 5.75 Å². The molecule has 2 unspecified atom stereocenters. The molecule has 0 radical (unpaired) electrons. The fraction of sp³-hybridized carbons (Fsp3) is 0.600. The average molecular weight is 264 g/mol. The van der Waals surface area contributed by atoms with E-state index in [-0.39, 0.29) is 18.2 Å². The molecule has 2 N–H and O–H groups in total. The monoisotopic (exact) mass is 264 g/mol. The summed E-state index contributed by atoms with van der Waals surface area (Å²) < 4.78 is 11.5. The number of nitrogens with one attached hydrogen (secondary N) is 2. The normalized spacial score (nSPS) is 21.4. The van der Waals surface area contributed by atoms with Gasteiger partial charge in [-0.15, -0.1) is 0 Å². The third-order valence-corrected chi connectivity index (χ3v) is 3.25. The van der Waals surface area contributed by atoms with Gasteiger partial charge in [0.2, 0.25) is 0 Å². The minimum Gasteiger partial charge on any atom is -0.491 e. The van der Waals surface area contributed by atoms with Crippen molar-refractivity contribution >= 4 is 0 Å². The van der Waals surface area contributed by atoms with Crippen molar-refractivity contribution in [1.82, 2.24) is 10.6 Å². The second kappa shape index (κ2) is 6.89. The van der Waals surface area contributed by atoms with E-state index >= 15 is 0 Å². The highest BCUT2D eigenvalue weighted by Crippen LogP contribution is 2.23. The van der Waals surface area contributed by atoms with Crippen LogP contribution in [-0.2, 0) is 4.74 Å². The molecule has 0 saturated carbocycles. The van der Waals surface area contributed by atoms with Gasteiger partial charge in [-0.1, -0.05) is 12.1 Å². The zero-order chi connectivity index (χ0) is 13.7. The molecule has 2 rings (SSSR count). The summed E-state index contributed by atoms with van der Waals surface area (Å²) >= 11 is 0. The maximum absolute atomic E-state index is 5.82. The van der Waals surface area contributed by atoms with Crippen LogP contribution < -0.4 is 15.4 Å².